The summed E-state index contributed by atoms with van der Waals surface area (Å²) in [5.74, 6) is 0.687. The first-order valence-corrected chi connectivity index (χ1v) is 9.57. The van der Waals surface area contributed by atoms with Gasteiger partial charge in [-0.3, -0.25) is 9.59 Å². The van der Waals surface area contributed by atoms with E-state index in [1.165, 1.54) is 5.56 Å². The zero-order chi connectivity index (χ0) is 19.0. The maximum Gasteiger partial charge on any atom is 0.268 e. The number of hydrogen-bond acceptors (Lipinski definition) is 3. The molecule has 0 bridgehead atoms. The molecule has 2 aliphatic rings. The lowest BCUT2D eigenvalue weighted by Crippen LogP contribution is -2.47. The summed E-state index contributed by atoms with van der Waals surface area (Å²) >= 11 is 0. The van der Waals surface area contributed by atoms with Gasteiger partial charge in [0.2, 0.25) is 5.91 Å². The minimum absolute atomic E-state index is 0.0530. The van der Waals surface area contributed by atoms with Crippen LogP contribution >= 0.6 is 0 Å². The van der Waals surface area contributed by atoms with Crippen molar-refractivity contribution >= 4 is 23.2 Å². The summed E-state index contributed by atoms with van der Waals surface area (Å²) in [6.07, 6.45) is 1.28. The Bertz CT molecular complexity index is 879. The average Bonchev–Trinajstić information content (AvgIpc) is 3.02. The molecule has 5 nitrogen and oxygen atoms in total. The van der Waals surface area contributed by atoms with E-state index >= 15 is 0 Å². The number of fused-ring (bicyclic) bond motifs is 2. The van der Waals surface area contributed by atoms with E-state index in [2.05, 4.69) is 13.0 Å². The molecule has 2 aliphatic heterocycles. The van der Waals surface area contributed by atoms with Crippen LogP contribution in [0, 0.1) is 0 Å². The predicted molar refractivity (Wildman–Crippen MR) is 105 cm³/mol. The van der Waals surface area contributed by atoms with E-state index in [1.807, 2.05) is 54.3 Å². The first-order chi connectivity index (χ1) is 13.1. The molecule has 2 unspecified atom stereocenters. The molecule has 0 fully saturated rings. The van der Waals surface area contributed by atoms with Crippen molar-refractivity contribution in [2.45, 2.75) is 45.3 Å². The molecule has 0 saturated heterocycles. The van der Waals surface area contributed by atoms with Crippen LogP contribution in [-0.4, -0.2) is 30.5 Å². The Morgan fingerprint density at radius 3 is 2.59 bits per heavy atom. The van der Waals surface area contributed by atoms with Crippen molar-refractivity contribution in [3.8, 4) is 5.75 Å². The van der Waals surface area contributed by atoms with Gasteiger partial charge in [-0.2, -0.15) is 0 Å². The van der Waals surface area contributed by atoms with Gasteiger partial charge in [-0.05, 0) is 43.5 Å². The zero-order valence-electron chi connectivity index (χ0n) is 15.7. The van der Waals surface area contributed by atoms with Gasteiger partial charge in [0.1, 0.15) is 5.75 Å². The van der Waals surface area contributed by atoms with Gasteiger partial charge in [0.25, 0.3) is 5.91 Å². The highest BCUT2D eigenvalue weighted by atomic mass is 16.5. The highest BCUT2D eigenvalue weighted by Gasteiger charge is 2.35. The van der Waals surface area contributed by atoms with Crippen molar-refractivity contribution in [1.29, 1.82) is 0 Å². The van der Waals surface area contributed by atoms with Crippen molar-refractivity contribution in [2.24, 2.45) is 0 Å². The van der Waals surface area contributed by atoms with Gasteiger partial charge in [0, 0.05) is 24.7 Å². The van der Waals surface area contributed by atoms with Gasteiger partial charge in [0.05, 0.1) is 5.69 Å². The molecule has 2 aromatic carbocycles. The lowest BCUT2D eigenvalue weighted by Gasteiger charge is -2.34. The minimum atomic E-state index is -0.485. The summed E-state index contributed by atoms with van der Waals surface area (Å²) in [5.41, 5.74) is 2.95. The van der Waals surface area contributed by atoms with Crippen molar-refractivity contribution in [3.63, 3.8) is 0 Å². The van der Waals surface area contributed by atoms with Gasteiger partial charge >= 0.3 is 0 Å². The van der Waals surface area contributed by atoms with Crippen LogP contribution in [0.1, 0.15) is 32.3 Å². The lowest BCUT2D eigenvalue weighted by atomic mass is 10.1. The summed E-state index contributed by atoms with van der Waals surface area (Å²) in [6.45, 7) is 4.36. The molecule has 2 amide bonds. The first kappa shape index (κ1) is 17.6. The molecule has 4 rings (SSSR count). The van der Waals surface area contributed by atoms with Gasteiger partial charge in [-0.15, -0.1) is 0 Å². The molecule has 0 N–H and O–H groups in total. The van der Waals surface area contributed by atoms with E-state index in [0.29, 0.717) is 18.7 Å². The lowest BCUT2D eigenvalue weighted by molar-refractivity contribution is -0.126. The smallest absolute Gasteiger partial charge is 0.268 e. The van der Waals surface area contributed by atoms with Crippen LogP contribution < -0.4 is 14.5 Å². The fourth-order valence-electron chi connectivity index (χ4n) is 4.04. The van der Waals surface area contributed by atoms with Crippen LogP contribution in [-0.2, 0) is 16.0 Å². The van der Waals surface area contributed by atoms with Crippen LogP contribution in [0.4, 0.5) is 11.4 Å². The third-order valence-electron chi connectivity index (χ3n) is 5.36. The monoisotopic (exact) mass is 364 g/mol. The van der Waals surface area contributed by atoms with Gasteiger partial charge in [0.15, 0.2) is 6.10 Å². The molecule has 27 heavy (non-hydrogen) atoms. The SMILES string of the molecule is CCC1Oc2ccccc2N(CCC(=O)N2c3ccccc3CC2C)C1=O. The molecular formula is C22H24N2O3. The molecule has 0 saturated carbocycles. The second-order valence-electron chi connectivity index (χ2n) is 7.17. The van der Waals surface area contributed by atoms with E-state index in [1.54, 1.807) is 4.90 Å². The van der Waals surface area contributed by atoms with E-state index in [9.17, 15) is 9.59 Å². The molecule has 0 spiro atoms. The molecule has 140 valence electrons. The van der Waals surface area contributed by atoms with Gasteiger partial charge in [-0.25, -0.2) is 0 Å². The highest BCUT2D eigenvalue weighted by molar-refractivity contribution is 6.01. The van der Waals surface area contributed by atoms with Crippen LogP contribution in [0.5, 0.6) is 5.75 Å². The Morgan fingerprint density at radius 1 is 1.11 bits per heavy atom. The number of nitrogens with zero attached hydrogens (tertiary/aromatic N) is 2. The molecular weight excluding hydrogens is 340 g/mol. The standard InChI is InChI=1S/C22H24N2O3/c1-3-19-22(26)23(18-10-6-7-11-20(18)27-19)13-12-21(25)24-15(2)14-16-8-4-5-9-17(16)24/h4-11,15,19H,3,12-14H2,1-2H3. The molecule has 5 heteroatoms. The van der Waals surface area contributed by atoms with E-state index in [-0.39, 0.29) is 24.3 Å². The average molecular weight is 364 g/mol. The Labute approximate surface area is 159 Å². The fraction of sp³-hybridized carbons (Fsp3) is 0.364. The number of ether oxygens (including phenoxy) is 1. The number of anilines is 2. The van der Waals surface area contributed by atoms with Crippen LogP contribution in [0.15, 0.2) is 48.5 Å². The normalized spacial score (nSPS) is 20.9. The molecule has 0 radical (unpaired) electrons. The van der Waals surface area contributed by atoms with E-state index in [0.717, 1.165) is 17.8 Å². The Balaban J connectivity index is 1.53. The van der Waals surface area contributed by atoms with Crippen molar-refractivity contribution in [3.05, 3.63) is 54.1 Å². The summed E-state index contributed by atoms with van der Waals surface area (Å²) in [5, 5.41) is 0. The number of hydrogen-bond donors (Lipinski definition) is 0. The molecule has 2 heterocycles. The topological polar surface area (TPSA) is 49.9 Å². The zero-order valence-corrected chi connectivity index (χ0v) is 15.7. The second kappa shape index (κ2) is 7.06. The van der Waals surface area contributed by atoms with E-state index < -0.39 is 6.10 Å². The van der Waals surface area contributed by atoms with Crippen LogP contribution in [0.2, 0.25) is 0 Å². The number of benzene rings is 2. The fourth-order valence-corrected chi connectivity index (χ4v) is 4.04. The quantitative estimate of drug-likeness (QED) is 0.833. The summed E-state index contributed by atoms with van der Waals surface area (Å²) in [4.78, 5) is 29.4. The van der Waals surface area contributed by atoms with Gasteiger partial charge < -0.3 is 14.5 Å². The number of carbonyl (C=O) groups is 2. The van der Waals surface area contributed by atoms with Crippen molar-refractivity contribution in [1.82, 2.24) is 0 Å². The maximum absolute atomic E-state index is 13.0. The molecule has 2 aromatic rings. The second-order valence-corrected chi connectivity index (χ2v) is 7.17. The maximum atomic E-state index is 13.0. The van der Waals surface area contributed by atoms with Crippen LogP contribution in [0.25, 0.3) is 0 Å². The first-order valence-electron chi connectivity index (χ1n) is 9.57. The molecule has 0 aromatic heterocycles. The van der Waals surface area contributed by atoms with Crippen molar-refractivity contribution < 1.29 is 14.3 Å². The number of para-hydroxylation sites is 3. The third-order valence-corrected chi connectivity index (χ3v) is 5.36. The number of carbonyl (C=O) groups excluding carboxylic acids is 2. The summed E-state index contributed by atoms with van der Waals surface area (Å²) < 4.78 is 5.81. The summed E-state index contributed by atoms with van der Waals surface area (Å²) in [7, 11) is 0. The molecule has 0 aliphatic carbocycles. The summed E-state index contributed by atoms with van der Waals surface area (Å²) in [6, 6.07) is 15.7. The number of rotatable bonds is 4. The Kier molecular flexibility index (Phi) is 4.60. The predicted octanol–water partition coefficient (Wildman–Crippen LogP) is 3.56. The Morgan fingerprint density at radius 2 is 1.81 bits per heavy atom. The minimum Gasteiger partial charge on any atom is -0.478 e. The largest absolute Gasteiger partial charge is 0.478 e. The highest BCUT2D eigenvalue weighted by Crippen LogP contribution is 2.35. The van der Waals surface area contributed by atoms with E-state index in [4.69, 9.17) is 4.74 Å². The van der Waals surface area contributed by atoms with Crippen molar-refractivity contribution in [2.75, 3.05) is 16.3 Å². The molecule has 2 atom stereocenters. The Hall–Kier alpha value is -2.82. The van der Waals surface area contributed by atoms with Gasteiger partial charge in [-0.1, -0.05) is 37.3 Å². The third kappa shape index (κ3) is 3.07. The number of amides is 2. The van der Waals surface area contributed by atoms with Crippen LogP contribution in [0.3, 0.4) is 0 Å².